The Morgan fingerprint density at radius 1 is 0.288 bits per heavy atom. The Balaban J connectivity index is 1.32. The van der Waals surface area contributed by atoms with E-state index in [1.54, 1.807) is 0 Å². The van der Waals surface area contributed by atoms with Crippen LogP contribution in [0, 0.1) is 0 Å². The third-order valence-corrected chi connectivity index (χ3v) is 13.5. The van der Waals surface area contributed by atoms with Gasteiger partial charge in [0, 0.05) is 73.0 Å². The summed E-state index contributed by atoms with van der Waals surface area (Å²) in [6.45, 7) is 0. The Hall–Kier alpha value is -6.20. The van der Waals surface area contributed by atoms with E-state index >= 15 is 0 Å². The summed E-state index contributed by atoms with van der Waals surface area (Å²) in [7, 11) is 0. The van der Waals surface area contributed by atoms with Crippen LogP contribution in [-0.4, -0.2) is 0 Å². The van der Waals surface area contributed by atoms with Gasteiger partial charge in [-0.15, -0.1) is 22.7 Å². The molecule has 52 heavy (non-hydrogen) atoms. The first-order valence-corrected chi connectivity index (χ1v) is 19.2. The normalized spacial score (nSPS) is 12.6. The smallest absolute Gasteiger partial charge is 0.136 e. The van der Waals surface area contributed by atoms with Gasteiger partial charge in [0.05, 0.1) is 0 Å². The third-order valence-electron chi connectivity index (χ3n) is 11.2. The Labute approximate surface area is 304 Å². The van der Waals surface area contributed by atoms with Crippen molar-refractivity contribution in [2.45, 2.75) is 0 Å². The predicted molar refractivity (Wildman–Crippen MR) is 222 cm³/mol. The van der Waals surface area contributed by atoms with Crippen LogP contribution >= 0.6 is 22.7 Å². The van der Waals surface area contributed by atoms with Crippen molar-refractivity contribution in [3.8, 4) is 44.5 Å². The second kappa shape index (κ2) is 9.77. The van der Waals surface area contributed by atoms with Crippen LogP contribution in [0.25, 0.3) is 129 Å². The first-order valence-electron chi connectivity index (χ1n) is 17.6. The molecule has 0 N–H and O–H groups in total. The molecular weight excluding hydrogens is 673 g/mol. The minimum absolute atomic E-state index is 0.901. The fourth-order valence-corrected chi connectivity index (χ4v) is 11.3. The summed E-state index contributed by atoms with van der Waals surface area (Å²) in [6.07, 6.45) is 0. The standard InChI is InChI=1S/C48H24O2S2/c1-5-13-37-29(11-1)47-39(49-37)19-17-27-28-18-20-40-48(30-12-2-6-14-38(30)50-40)46(28)36-22-34-26-10-4-8-16-42(26)52-44(34)24-32(36)31-23-43-33(21-35(31)45(27)47)25-9-3-7-15-41(25)51-43/h1-24H. The van der Waals surface area contributed by atoms with Crippen LogP contribution < -0.4 is 0 Å². The molecule has 0 saturated heterocycles. The third kappa shape index (κ3) is 3.48. The van der Waals surface area contributed by atoms with Crippen molar-refractivity contribution >= 4 is 107 Å². The Morgan fingerprint density at radius 2 is 0.712 bits per heavy atom. The molecule has 2 nitrogen and oxygen atoms in total. The van der Waals surface area contributed by atoms with Gasteiger partial charge in [-0.3, -0.25) is 0 Å². The minimum Gasteiger partial charge on any atom is -0.456 e. The number of benzene rings is 8. The fraction of sp³-hybridized carbons (Fsp3) is 0. The van der Waals surface area contributed by atoms with Crippen molar-refractivity contribution in [2.75, 3.05) is 0 Å². The lowest BCUT2D eigenvalue weighted by Gasteiger charge is -2.25. The highest BCUT2D eigenvalue weighted by Gasteiger charge is 2.30. The first kappa shape index (κ1) is 27.5. The highest BCUT2D eigenvalue weighted by atomic mass is 32.1. The topological polar surface area (TPSA) is 26.3 Å². The van der Waals surface area contributed by atoms with Crippen LogP contribution in [0.3, 0.4) is 0 Å². The lowest BCUT2D eigenvalue weighted by Crippen LogP contribution is -1.98. The van der Waals surface area contributed by atoms with Gasteiger partial charge < -0.3 is 8.83 Å². The summed E-state index contributed by atoms with van der Waals surface area (Å²) in [5.41, 5.74) is 13.4. The van der Waals surface area contributed by atoms with Crippen LogP contribution in [0.5, 0.6) is 0 Å². The molecule has 13 rings (SSSR count). The molecule has 12 aromatic rings. The van der Waals surface area contributed by atoms with E-state index in [0.717, 1.165) is 43.9 Å². The van der Waals surface area contributed by atoms with Crippen molar-refractivity contribution in [3.05, 3.63) is 146 Å². The molecule has 0 spiro atoms. The molecule has 0 saturated carbocycles. The molecule has 8 aromatic carbocycles. The van der Waals surface area contributed by atoms with E-state index in [0.29, 0.717) is 0 Å². The van der Waals surface area contributed by atoms with Gasteiger partial charge in [0.2, 0.25) is 0 Å². The van der Waals surface area contributed by atoms with Gasteiger partial charge in [0.15, 0.2) is 0 Å². The van der Waals surface area contributed by atoms with E-state index in [1.165, 1.54) is 84.9 Å². The molecule has 0 fully saturated rings. The maximum Gasteiger partial charge on any atom is 0.136 e. The number of furan rings is 2. The van der Waals surface area contributed by atoms with Gasteiger partial charge in [0.1, 0.15) is 22.3 Å². The van der Waals surface area contributed by atoms with Crippen molar-refractivity contribution in [3.63, 3.8) is 0 Å². The maximum atomic E-state index is 6.60. The van der Waals surface area contributed by atoms with Crippen LogP contribution in [-0.2, 0) is 0 Å². The average Bonchev–Trinajstić information content (AvgIpc) is 3.95. The van der Waals surface area contributed by atoms with Crippen molar-refractivity contribution in [2.24, 2.45) is 0 Å². The quantitative estimate of drug-likeness (QED) is 0.158. The van der Waals surface area contributed by atoms with Crippen molar-refractivity contribution in [1.82, 2.24) is 0 Å². The number of rotatable bonds is 0. The van der Waals surface area contributed by atoms with Crippen LogP contribution in [0.4, 0.5) is 0 Å². The summed E-state index contributed by atoms with van der Waals surface area (Å²) in [5, 5.41) is 9.75. The van der Waals surface area contributed by atoms with E-state index in [4.69, 9.17) is 8.83 Å². The summed E-state index contributed by atoms with van der Waals surface area (Å²) in [5.74, 6) is 0. The van der Waals surface area contributed by atoms with E-state index in [9.17, 15) is 0 Å². The van der Waals surface area contributed by atoms with Crippen LogP contribution in [0.2, 0.25) is 0 Å². The highest BCUT2D eigenvalue weighted by molar-refractivity contribution is 7.26. The summed E-state index contributed by atoms with van der Waals surface area (Å²) in [6, 6.07) is 53.4. The zero-order valence-electron chi connectivity index (χ0n) is 27.5. The highest BCUT2D eigenvalue weighted by Crippen LogP contribution is 2.56. The monoisotopic (exact) mass is 696 g/mol. The molecule has 0 bridgehead atoms. The predicted octanol–water partition coefficient (Wildman–Crippen LogP) is 15.2. The second-order valence-electron chi connectivity index (χ2n) is 13.9. The molecule has 0 unspecified atom stereocenters. The van der Waals surface area contributed by atoms with Gasteiger partial charge in [-0.1, -0.05) is 72.8 Å². The van der Waals surface area contributed by atoms with Gasteiger partial charge in [0.25, 0.3) is 0 Å². The summed E-state index contributed by atoms with van der Waals surface area (Å²) < 4.78 is 18.4. The molecule has 240 valence electrons. The number of hydrogen-bond donors (Lipinski definition) is 0. The zero-order valence-corrected chi connectivity index (χ0v) is 29.1. The molecule has 1 aliphatic rings. The second-order valence-corrected chi connectivity index (χ2v) is 16.1. The van der Waals surface area contributed by atoms with E-state index in [1.807, 2.05) is 22.7 Å². The van der Waals surface area contributed by atoms with E-state index in [-0.39, 0.29) is 0 Å². The number of hydrogen-bond acceptors (Lipinski definition) is 4. The van der Waals surface area contributed by atoms with Gasteiger partial charge in [-0.25, -0.2) is 0 Å². The molecule has 4 aromatic heterocycles. The van der Waals surface area contributed by atoms with E-state index in [2.05, 4.69) is 146 Å². The number of thiophene rings is 2. The SMILES string of the molecule is c1ccc2c(c1)oc1ccc3c(c12)-c1cc2c(cc1-c1cc4sc5ccccc5c4cc1-c1c-3ccc3oc4ccccc4c13)sc1ccccc12. The molecule has 0 atom stereocenters. The fourth-order valence-electron chi connectivity index (χ4n) is 9.04. The molecule has 4 heteroatoms. The Kier molecular flexibility index (Phi) is 5.17. The molecule has 1 aliphatic carbocycles. The minimum atomic E-state index is 0.901. The number of fused-ring (bicyclic) bond motifs is 22. The Morgan fingerprint density at radius 3 is 1.19 bits per heavy atom. The molecule has 4 heterocycles. The van der Waals surface area contributed by atoms with Crippen LogP contribution in [0.1, 0.15) is 0 Å². The first-order chi connectivity index (χ1) is 25.8. The van der Waals surface area contributed by atoms with Gasteiger partial charge >= 0.3 is 0 Å². The summed E-state index contributed by atoms with van der Waals surface area (Å²) in [4.78, 5) is 0. The molecule has 0 amide bonds. The molecular formula is C48H24O2S2. The van der Waals surface area contributed by atoms with Crippen molar-refractivity contribution < 1.29 is 8.83 Å². The zero-order chi connectivity index (χ0) is 33.7. The largest absolute Gasteiger partial charge is 0.456 e. The maximum absolute atomic E-state index is 6.60. The summed E-state index contributed by atoms with van der Waals surface area (Å²) >= 11 is 3.76. The van der Waals surface area contributed by atoms with Crippen LogP contribution in [0.15, 0.2) is 154 Å². The van der Waals surface area contributed by atoms with E-state index < -0.39 is 0 Å². The van der Waals surface area contributed by atoms with Gasteiger partial charge in [-0.2, -0.15) is 0 Å². The molecule has 0 radical (unpaired) electrons. The van der Waals surface area contributed by atoms with Crippen molar-refractivity contribution in [1.29, 1.82) is 0 Å². The lowest BCUT2D eigenvalue weighted by atomic mass is 9.78. The molecule has 0 aliphatic heterocycles. The Bertz CT molecular complexity index is 3300. The lowest BCUT2D eigenvalue weighted by molar-refractivity contribution is 0.668. The number of para-hydroxylation sites is 2. The van der Waals surface area contributed by atoms with Gasteiger partial charge in [-0.05, 0) is 106 Å². The average molecular weight is 697 g/mol.